The molecule has 1 aliphatic rings. The number of aryl methyl sites for hydroxylation is 1. The third kappa shape index (κ3) is 5.27. The minimum atomic E-state index is -4.10. The fourth-order valence-corrected chi connectivity index (χ4v) is 6.04. The van der Waals surface area contributed by atoms with Crippen LogP contribution in [0.1, 0.15) is 30.3 Å². The van der Waals surface area contributed by atoms with Gasteiger partial charge in [-0.15, -0.1) is 10.2 Å². The van der Waals surface area contributed by atoms with Gasteiger partial charge in [-0.05, 0) is 43.5 Å². The third-order valence-electron chi connectivity index (χ3n) is 6.41. The van der Waals surface area contributed by atoms with Gasteiger partial charge in [0.25, 0.3) is 0 Å². The van der Waals surface area contributed by atoms with Gasteiger partial charge in [-0.2, -0.15) is 0 Å². The molecule has 3 aromatic heterocycles. The van der Waals surface area contributed by atoms with Crippen molar-refractivity contribution in [1.29, 1.82) is 0 Å². The zero-order valence-corrected chi connectivity index (χ0v) is 23.3. The van der Waals surface area contributed by atoms with E-state index in [-0.39, 0.29) is 11.8 Å². The Bertz CT molecular complexity index is 1570. The van der Waals surface area contributed by atoms with Crippen molar-refractivity contribution in [2.45, 2.75) is 31.1 Å². The molecule has 1 aliphatic heterocycles. The first-order valence-corrected chi connectivity index (χ1v) is 14.0. The topological polar surface area (TPSA) is 152 Å². The Morgan fingerprint density at radius 2 is 1.68 bits per heavy atom. The summed E-state index contributed by atoms with van der Waals surface area (Å²) in [6, 6.07) is 10.3. The van der Waals surface area contributed by atoms with Crippen LogP contribution in [0.15, 0.2) is 48.8 Å². The molecule has 0 saturated carbocycles. The van der Waals surface area contributed by atoms with Crippen molar-refractivity contribution in [3.8, 4) is 34.6 Å². The second-order valence-electron chi connectivity index (χ2n) is 9.00. The highest BCUT2D eigenvalue weighted by molar-refractivity contribution is 7.93. The average Bonchev–Trinajstić information content (AvgIpc) is 3.39. The SMILES string of the molecule is COc1cccc(-c2nnc(NS(=O)(=O)[C@@H]3CCCO[C@H]3c3ncc(C)cn3)n2-c2c(OC)cccc2OC)n1. The van der Waals surface area contributed by atoms with Gasteiger partial charge in [0.05, 0.1) is 21.3 Å². The van der Waals surface area contributed by atoms with Crippen molar-refractivity contribution in [1.82, 2.24) is 29.7 Å². The van der Waals surface area contributed by atoms with Crippen LogP contribution < -0.4 is 18.9 Å². The molecule has 40 heavy (non-hydrogen) atoms. The van der Waals surface area contributed by atoms with E-state index in [9.17, 15) is 8.42 Å². The summed E-state index contributed by atoms with van der Waals surface area (Å²) < 4.78 is 54.4. The number of hydrogen-bond donors (Lipinski definition) is 1. The number of hydrogen-bond acceptors (Lipinski definition) is 11. The van der Waals surface area contributed by atoms with Gasteiger partial charge in [-0.3, -0.25) is 9.29 Å². The number of aromatic nitrogens is 6. The van der Waals surface area contributed by atoms with Gasteiger partial charge >= 0.3 is 0 Å². The molecule has 1 saturated heterocycles. The molecule has 0 bridgehead atoms. The van der Waals surface area contributed by atoms with Crippen LogP contribution in [0.3, 0.4) is 0 Å². The third-order valence-corrected chi connectivity index (χ3v) is 8.15. The maximum absolute atomic E-state index is 13.9. The Hall–Kier alpha value is -4.30. The van der Waals surface area contributed by atoms with Crippen LogP contribution in [0.4, 0.5) is 5.95 Å². The van der Waals surface area contributed by atoms with Crippen LogP contribution in [-0.4, -0.2) is 71.3 Å². The molecule has 5 rings (SSSR count). The zero-order valence-electron chi connectivity index (χ0n) is 22.4. The standard InChI is InChI=1S/C26H29N7O6S/c1-16-14-27-24(28-15-16)23-20(11-7-13-39-23)40(34,35)32-26-31-30-25(17-8-5-12-21(29-17)38-4)33(26)22-18(36-2)9-6-10-19(22)37-3/h5-6,8-10,12,14-15,20,23H,7,11,13H2,1-4H3,(H,31,32)/t20-,23-/m1/s1. The summed E-state index contributed by atoms with van der Waals surface area (Å²) in [5.41, 5.74) is 1.62. The lowest BCUT2D eigenvalue weighted by molar-refractivity contribution is 0.0126. The van der Waals surface area contributed by atoms with Crippen LogP contribution >= 0.6 is 0 Å². The number of para-hydroxylation sites is 1. The lowest BCUT2D eigenvalue weighted by Gasteiger charge is -2.30. The van der Waals surface area contributed by atoms with Crippen molar-refractivity contribution >= 4 is 16.0 Å². The van der Waals surface area contributed by atoms with Crippen LogP contribution in [0, 0.1) is 6.92 Å². The van der Waals surface area contributed by atoms with Crippen molar-refractivity contribution in [3.63, 3.8) is 0 Å². The molecule has 0 unspecified atom stereocenters. The Kier molecular flexibility index (Phi) is 7.80. The molecular formula is C26H29N7O6S. The number of benzene rings is 1. The van der Waals surface area contributed by atoms with E-state index in [0.717, 1.165) is 5.56 Å². The number of nitrogens with one attached hydrogen (secondary N) is 1. The van der Waals surface area contributed by atoms with Gasteiger partial charge in [-0.25, -0.2) is 23.4 Å². The highest BCUT2D eigenvalue weighted by atomic mass is 32.2. The molecule has 14 heteroatoms. The molecule has 1 aromatic carbocycles. The maximum Gasteiger partial charge on any atom is 0.243 e. The van der Waals surface area contributed by atoms with E-state index in [2.05, 4.69) is 29.9 Å². The van der Waals surface area contributed by atoms with E-state index in [0.29, 0.717) is 54.0 Å². The lowest BCUT2D eigenvalue weighted by Crippen LogP contribution is -2.39. The van der Waals surface area contributed by atoms with Crippen molar-refractivity contribution in [3.05, 3.63) is 60.2 Å². The molecule has 0 amide bonds. The van der Waals surface area contributed by atoms with Gasteiger partial charge in [0, 0.05) is 25.1 Å². The first kappa shape index (κ1) is 27.3. The lowest BCUT2D eigenvalue weighted by atomic mass is 10.1. The van der Waals surface area contributed by atoms with Crippen LogP contribution in [0.5, 0.6) is 17.4 Å². The van der Waals surface area contributed by atoms with E-state index >= 15 is 0 Å². The molecule has 0 spiro atoms. The van der Waals surface area contributed by atoms with Crippen molar-refractivity contribution in [2.24, 2.45) is 0 Å². The zero-order chi connectivity index (χ0) is 28.3. The first-order chi connectivity index (χ1) is 19.4. The second kappa shape index (κ2) is 11.4. The minimum Gasteiger partial charge on any atom is -0.494 e. The van der Waals surface area contributed by atoms with Gasteiger partial charge in [-0.1, -0.05) is 12.1 Å². The van der Waals surface area contributed by atoms with Crippen molar-refractivity contribution < 1.29 is 27.4 Å². The molecular weight excluding hydrogens is 538 g/mol. The van der Waals surface area contributed by atoms with Crippen LogP contribution in [-0.2, 0) is 14.8 Å². The maximum atomic E-state index is 13.9. The smallest absolute Gasteiger partial charge is 0.243 e. The van der Waals surface area contributed by atoms with E-state index < -0.39 is 21.4 Å². The number of rotatable bonds is 9. The molecule has 4 aromatic rings. The summed E-state index contributed by atoms with van der Waals surface area (Å²) in [5.74, 6) is 1.59. The summed E-state index contributed by atoms with van der Waals surface area (Å²) in [6.07, 6.45) is 3.31. The molecule has 2 atom stereocenters. The number of ether oxygens (including phenoxy) is 4. The fraction of sp³-hybridized carbons (Fsp3) is 0.346. The molecule has 210 valence electrons. The predicted octanol–water partition coefficient (Wildman–Crippen LogP) is 3.12. The quantitative estimate of drug-likeness (QED) is 0.317. The minimum absolute atomic E-state index is 0.0865. The monoisotopic (exact) mass is 567 g/mol. The number of pyridine rings is 1. The van der Waals surface area contributed by atoms with E-state index in [4.69, 9.17) is 18.9 Å². The van der Waals surface area contributed by atoms with Gasteiger partial charge in [0.2, 0.25) is 21.9 Å². The Morgan fingerprint density at radius 1 is 0.975 bits per heavy atom. The first-order valence-electron chi connectivity index (χ1n) is 12.5. The number of anilines is 1. The average molecular weight is 568 g/mol. The van der Waals surface area contributed by atoms with E-state index in [1.165, 1.54) is 25.9 Å². The van der Waals surface area contributed by atoms with Gasteiger partial charge in [0.1, 0.15) is 34.2 Å². The second-order valence-corrected chi connectivity index (χ2v) is 10.9. The summed E-state index contributed by atoms with van der Waals surface area (Å²) in [6.45, 7) is 2.25. The number of nitrogens with zero attached hydrogens (tertiary/aromatic N) is 6. The predicted molar refractivity (Wildman–Crippen MR) is 145 cm³/mol. The van der Waals surface area contributed by atoms with E-state index in [1.54, 1.807) is 48.8 Å². The van der Waals surface area contributed by atoms with Gasteiger partial charge < -0.3 is 18.9 Å². The molecule has 4 heterocycles. The highest BCUT2D eigenvalue weighted by Crippen LogP contribution is 2.39. The van der Waals surface area contributed by atoms with Gasteiger partial charge in [0.15, 0.2) is 11.6 Å². The Balaban J connectivity index is 1.63. The largest absolute Gasteiger partial charge is 0.494 e. The Labute approximate surface area is 231 Å². The summed E-state index contributed by atoms with van der Waals surface area (Å²) in [7, 11) is 0.403. The normalized spacial score (nSPS) is 17.3. The molecule has 0 aliphatic carbocycles. The van der Waals surface area contributed by atoms with Crippen LogP contribution in [0.25, 0.3) is 17.2 Å². The summed E-state index contributed by atoms with van der Waals surface area (Å²) in [4.78, 5) is 13.1. The Morgan fingerprint density at radius 3 is 2.35 bits per heavy atom. The molecule has 1 fully saturated rings. The number of methoxy groups -OCH3 is 3. The van der Waals surface area contributed by atoms with E-state index in [1.807, 2.05) is 6.92 Å². The highest BCUT2D eigenvalue weighted by Gasteiger charge is 2.40. The fourth-order valence-electron chi connectivity index (χ4n) is 4.50. The van der Waals surface area contributed by atoms with Crippen LogP contribution in [0.2, 0.25) is 0 Å². The molecule has 0 radical (unpaired) electrons. The molecule has 13 nitrogen and oxygen atoms in total. The summed E-state index contributed by atoms with van der Waals surface area (Å²) in [5, 5.41) is 7.55. The van der Waals surface area contributed by atoms with Crippen molar-refractivity contribution in [2.75, 3.05) is 32.7 Å². The summed E-state index contributed by atoms with van der Waals surface area (Å²) >= 11 is 0. The number of sulfonamides is 1. The molecule has 1 N–H and O–H groups in total.